The lowest BCUT2D eigenvalue weighted by Gasteiger charge is -2.29. The first-order chi connectivity index (χ1) is 9.06. The maximum atomic E-state index is 12.0. The highest BCUT2D eigenvalue weighted by Crippen LogP contribution is 2.22. The van der Waals surface area contributed by atoms with Gasteiger partial charge in [-0.3, -0.25) is 4.79 Å². The van der Waals surface area contributed by atoms with Gasteiger partial charge in [-0.15, -0.1) is 0 Å². The Hall–Kier alpha value is -1.26. The van der Waals surface area contributed by atoms with Gasteiger partial charge in [-0.25, -0.2) is 0 Å². The smallest absolute Gasteiger partial charge is 0.255 e. The second kappa shape index (κ2) is 6.26. The molecule has 0 saturated carbocycles. The summed E-state index contributed by atoms with van der Waals surface area (Å²) in [6, 6.07) is 4.52. The van der Waals surface area contributed by atoms with Crippen molar-refractivity contribution >= 4 is 17.5 Å². The van der Waals surface area contributed by atoms with E-state index in [2.05, 4.69) is 17.3 Å². The second-order valence-corrected chi connectivity index (χ2v) is 5.58. The number of likely N-dealkylation sites (tertiary alicyclic amines) is 1. The average molecular weight is 283 g/mol. The van der Waals surface area contributed by atoms with Crippen LogP contribution in [-0.2, 0) is 0 Å². The number of hydrogen-bond acceptors (Lipinski definition) is 3. The first-order valence-electron chi connectivity index (χ1n) is 6.51. The monoisotopic (exact) mass is 282 g/mol. The Labute approximate surface area is 118 Å². The van der Waals surface area contributed by atoms with Crippen LogP contribution in [0, 0.1) is 5.92 Å². The van der Waals surface area contributed by atoms with Crippen molar-refractivity contribution in [1.29, 1.82) is 0 Å². The van der Waals surface area contributed by atoms with E-state index in [0.29, 0.717) is 17.5 Å². The zero-order valence-corrected chi connectivity index (χ0v) is 11.8. The molecule has 1 saturated heterocycles. The Morgan fingerprint density at radius 1 is 1.58 bits per heavy atom. The van der Waals surface area contributed by atoms with E-state index in [1.54, 1.807) is 12.1 Å². The van der Waals surface area contributed by atoms with Crippen LogP contribution >= 0.6 is 11.6 Å². The van der Waals surface area contributed by atoms with E-state index in [1.807, 2.05) is 0 Å². The third kappa shape index (κ3) is 3.85. The molecule has 0 bridgehead atoms. The van der Waals surface area contributed by atoms with Gasteiger partial charge in [-0.2, -0.15) is 0 Å². The number of halogens is 1. The number of amides is 1. The summed E-state index contributed by atoms with van der Waals surface area (Å²) in [7, 11) is 2.10. The van der Waals surface area contributed by atoms with E-state index in [0.717, 1.165) is 19.5 Å². The van der Waals surface area contributed by atoms with Crippen LogP contribution in [-0.4, -0.2) is 42.6 Å². The van der Waals surface area contributed by atoms with E-state index in [1.165, 1.54) is 12.5 Å². The molecule has 0 radical (unpaired) electrons. The highest BCUT2D eigenvalue weighted by Gasteiger charge is 2.18. The maximum Gasteiger partial charge on any atom is 0.255 e. The van der Waals surface area contributed by atoms with Crippen LogP contribution in [0.15, 0.2) is 18.2 Å². The second-order valence-electron chi connectivity index (χ2n) is 5.14. The minimum atomic E-state index is -0.248. The van der Waals surface area contributed by atoms with Gasteiger partial charge in [-0.1, -0.05) is 11.6 Å². The van der Waals surface area contributed by atoms with E-state index in [4.69, 9.17) is 11.6 Å². The topological polar surface area (TPSA) is 52.6 Å². The lowest BCUT2D eigenvalue weighted by molar-refractivity contribution is 0.0934. The zero-order chi connectivity index (χ0) is 13.8. The molecule has 5 heteroatoms. The number of rotatable bonds is 3. The van der Waals surface area contributed by atoms with Crippen LogP contribution in [0.5, 0.6) is 5.75 Å². The van der Waals surface area contributed by atoms with Crippen molar-refractivity contribution in [3.63, 3.8) is 0 Å². The molecule has 1 atom stereocenters. The summed E-state index contributed by atoms with van der Waals surface area (Å²) < 4.78 is 0. The van der Waals surface area contributed by atoms with Crippen LogP contribution < -0.4 is 5.32 Å². The fourth-order valence-corrected chi connectivity index (χ4v) is 2.64. The summed E-state index contributed by atoms with van der Waals surface area (Å²) in [5.41, 5.74) is 0.272. The molecular weight excluding hydrogens is 264 g/mol. The Kier molecular flexibility index (Phi) is 4.66. The van der Waals surface area contributed by atoms with Crippen LogP contribution in [0.4, 0.5) is 0 Å². The maximum absolute atomic E-state index is 12.0. The van der Waals surface area contributed by atoms with Gasteiger partial charge in [0, 0.05) is 18.1 Å². The number of piperidine rings is 1. The first-order valence-corrected chi connectivity index (χ1v) is 6.89. The van der Waals surface area contributed by atoms with Gasteiger partial charge in [0.05, 0.1) is 5.56 Å². The number of hydrogen-bond donors (Lipinski definition) is 2. The Morgan fingerprint density at radius 3 is 3.05 bits per heavy atom. The number of aromatic hydroxyl groups is 1. The van der Waals surface area contributed by atoms with Gasteiger partial charge < -0.3 is 15.3 Å². The van der Waals surface area contributed by atoms with Crippen molar-refractivity contribution in [2.75, 3.05) is 26.7 Å². The van der Waals surface area contributed by atoms with Gasteiger partial charge in [0.1, 0.15) is 5.75 Å². The number of phenolic OH excluding ortho intramolecular Hbond substituents is 1. The SMILES string of the molecule is CN1CCCC(CNC(=O)c2ccc(Cl)cc2O)C1. The Morgan fingerprint density at radius 2 is 2.37 bits per heavy atom. The van der Waals surface area contributed by atoms with Gasteiger partial charge in [-0.05, 0) is 50.6 Å². The number of phenols is 1. The normalized spacial score (nSPS) is 20.2. The van der Waals surface area contributed by atoms with Gasteiger partial charge in [0.15, 0.2) is 0 Å². The molecule has 0 aliphatic carbocycles. The molecule has 1 aliphatic heterocycles. The molecule has 1 unspecified atom stereocenters. The molecule has 4 nitrogen and oxygen atoms in total. The zero-order valence-electron chi connectivity index (χ0n) is 11.0. The largest absolute Gasteiger partial charge is 0.507 e. The van der Waals surface area contributed by atoms with Crippen molar-refractivity contribution in [3.05, 3.63) is 28.8 Å². The standard InChI is InChI=1S/C14H19ClN2O2/c1-17-6-2-3-10(9-17)8-16-14(19)12-5-4-11(15)7-13(12)18/h4-5,7,10,18H,2-3,6,8-9H2,1H3,(H,16,19). The van der Waals surface area contributed by atoms with Crippen LogP contribution in [0.3, 0.4) is 0 Å². The van der Waals surface area contributed by atoms with Gasteiger partial charge in [0.25, 0.3) is 5.91 Å². The quantitative estimate of drug-likeness (QED) is 0.893. The molecule has 1 heterocycles. The Bertz CT molecular complexity index is 465. The minimum Gasteiger partial charge on any atom is -0.507 e. The summed E-state index contributed by atoms with van der Waals surface area (Å²) in [5, 5.41) is 13.0. The molecule has 2 rings (SSSR count). The van der Waals surface area contributed by atoms with Crippen LogP contribution in [0.25, 0.3) is 0 Å². The lowest BCUT2D eigenvalue weighted by Crippen LogP contribution is -2.39. The van der Waals surface area contributed by atoms with E-state index in [-0.39, 0.29) is 17.2 Å². The predicted molar refractivity (Wildman–Crippen MR) is 75.7 cm³/mol. The third-order valence-corrected chi connectivity index (χ3v) is 3.71. The van der Waals surface area contributed by atoms with Crippen molar-refractivity contribution < 1.29 is 9.90 Å². The van der Waals surface area contributed by atoms with Gasteiger partial charge >= 0.3 is 0 Å². The summed E-state index contributed by atoms with van der Waals surface area (Å²) >= 11 is 5.74. The lowest BCUT2D eigenvalue weighted by atomic mass is 9.98. The number of carbonyl (C=O) groups is 1. The molecule has 104 valence electrons. The molecule has 0 aromatic heterocycles. The molecule has 1 amide bonds. The number of benzene rings is 1. The first kappa shape index (κ1) is 14.2. The summed E-state index contributed by atoms with van der Waals surface area (Å²) in [4.78, 5) is 14.3. The summed E-state index contributed by atoms with van der Waals surface area (Å²) in [5.74, 6) is 0.158. The summed E-state index contributed by atoms with van der Waals surface area (Å²) in [6.07, 6.45) is 2.31. The van der Waals surface area contributed by atoms with Crippen molar-refractivity contribution in [2.24, 2.45) is 5.92 Å². The molecule has 2 N–H and O–H groups in total. The Balaban J connectivity index is 1.90. The number of carbonyl (C=O) groups excluding carboxylic acids is 1. The third-order valence-electron chi connectivity index (χ3n) is 3.48. The number of nitrogens with one attached hydrogen (secondary N) is 1. The fraction of sp³-hybridized carbons (Fsp3) is 0.500. The van der Waals surface area contributed by atoms with Crippen molar-refractivity contribution in [3.8, 4) is 5.75 Å². The highest BCUT2D eigenvalue weighted by atomic mass is 35.5. The molecule has 1 aliphatic rings. The van der Waals surface area contributed by atoms with Gasteiger partial charge in [0.2, 0.25) is 0 Å². The number of nitrogens with zero attached hydrogens (tertiary/aromatic N) is 1. The molecule has 1 fully saturated rings. The van der Waals surface area contributed by atoms with Crippen LogP contribution in [0.1, 0.15) is 23.2 Å². The molecule has 0 spiro atoms. The average Bonchev–Trinajstić information content (AvgIpc) is 2.36. The predicted octanol–water partition coefficient (Wildman–Crippen LogP) is 2.12. The molecule has 19 heavy (non-hydrogen) atoms. The molecule has 1 aromatic carbocycles. The van der Waals surface area contributed by atoms with Crippen molar-refractivity contribution in [1.82, 2.24) is 10.2 Å². The molecular formula is C14H19ClN2O2. The van der Waals surface area contributed by atoms with Crippen LogP contribution in [0.2, 0.25) is 5.02 Å². The molecule has 1 aromatic rings. The highest BCUT2D eigenvalue weighted by molar-refractivity contribution is 6.30. The fourth-order valence-electron chi connectivity index (χ4n) is 2.47. The van der Waals surface area contributed by atoms with E-state index in [9.17, 15) is 9.90 Å². The van der Waals surface area contributed by atoms with E-state index >= 15 is 0 Å². The van der Waals surface area contributed by atoms with Crippen molar-refractivity contribution in [2.45, 2.75) is 12.8 Å². The minimum absolute atomic E-state index is 0.0780. The van der Waals surface area contributed by atoms with E-state index < -0.39 is 0 Å². The summed E-state index contributed by atoms with van der Waals surface area (Å²) in [6.45, 7) is 2.78.